The topological polar surface area (TPSA) is 46.5 Å². The zero-order valence-corrected chi connectivity index (χ0v) is 9.92. The van der Waals surface area contributed by atoms with Crippen molar-refractivity contribution in [2.75, 3.05) is 12.9 Å². The van der Waals surface area contributed by atoms with Crippen LogP contribution in [0.5, 0.6) is 5.75 Å². The summed E-state index contributed by atoms with van der Waals surface area (Å²) in [6.45, 7) is 0.637. The zero-order chi connectivity index (χ0) is 11.5. The highest BCUT2D eigenvalue weighted by Crippen LogP contribution is 2.32. The van der Waals surface area contributed by atoms with E-state index in [1.54, 1.807) is 12.1 Å². The minimum Gasteiger partial charge on any atom is -0.492 e. The standard InChI is InChI=1S/C12H14O3S/c1-16-10-4-2-3-9(11(10)12(13)14)15-7-8-5-6-8/h2-4,8H,5-7H2,1H3,(H,13,14). The molecule has 0 atom stereocenters. The first-order valence-electron chi connectivity index (χ1n) is 5.25. The van der Waals surface area contributed by atoms with Gasteiger partial charge < -0.3 is 9.84 Å². The molecule has 0 saturated heterocycles. The minimum absolute atomic E-state index is 0.288. The molecule has 4 heteroatoms. The Balaban J connectivity index is 2.22. The SMILES string of the molecule is CSc1cccc(OCC2CC2)c1C(=O)O. The van der Waals surface area contributed by atoms with Crippen LogP contribution < -0.4 is 4.74 Å². The number of aromatic carboxylic acids is 1. The van der Waals surface area contributed by atoms with Crippen molar-refractivity contribution in [3.8, 4) is 5.75 Å². The van der Waals surface area contributed by atoms with Crippen molar-refractivity contribution < 1.29 is 14.6 Å². The molecule has 16 heavy (non-hydrogen) atoms. The van der Waals surface area contributed by atoms with Crippen LogP contribution in [0.3, 0.4) is 0 Å². The molecule has 0 radical (unpaired) electrons. The van der Waals surface area contributed by atoms with E-state index in [-0.39, 0.29) is 5.56 Å². The van der Waals surface area contributed by atoms with Gasteiger partial charge in [-0.25, -0.2) is 4.79 Å². The molecule has 1 aromatic rings. The number of hydrogen-bond donors (Lipinski definition) is 1. The summed E-state index contributed by atoms with van der Waals surface area (Å²) in [6.07, 6.45) is 4.27. The first kappa shape index (κ1) is 11.3. The van der Waals surface area contributed by atoms with Crippen molar-refractivity contribution in [3.05, 3.63) is 23.8 Å². The number of rotatable bonds is 5. The van der Waals surface area contributed by atoms with E-state index in [2.05, 4.69) is 0 Å². The summed E-state index contributed by atoms with van der Waals surface area (Å²) in [4.78, 5) is 11.9. The second-order valence-electron chi connectivity index (χ2n) is 3.89. The van der Waals surface area contributed by atoms with E-state index in [9.17, 15) is 4.79 Å². The number of benzene rings is 1. The second-order valence-corrected chi connectivity index (χ2v) is 4.74. The number of ether oxygens (including phenoxy) is 1. The lowest BCUT2D eigenvalue weighted by Crippen LogP contribution is -2.06. The molecule has 3 nitrogen and oxygen atoms in total. The van der Waals surface area contributed by atoms with E-state index in [1.165, 1.54) is 24.6 Å². The van der Waals surface area contributed by atoms with Gasteiger partial charge in [0.2, 0.25) is 0 Å². The number of carboxylic acids is 1. The van der Waals surface area contributed by atoms with Gasteiger partial charge in [0.05, 0.1) is 6.61 Å². The highest BCUT2D eigenvalue weighted by Gasteiger charge is 2.23. The average Bonchev–Trinajstić information content (AvgIpc) is 3.09. The Labute approximate surface area is 98.8 Å². The first-order chi connectivity index (χ1) is 7.72. The highest BCUT2D eigenvalue weighted by atomic mass is 32.2. The molecular weight excluding hydrogens is 224 g/mol. The second kappa shape index (κ2) is 4.78. The molecule has 2 rings (SSSR count). The smallest absolute Gasteiger partial charge is 0.340 e. The Morgan fingerprint density at radius 3 is 2.88 bits per heavy atom. The maximum Gasteiger partial charge on any atom is 0.340 e. The fourth-order valence-corrected chi connectivity index (χ4v) is 2.11. The lowest BCUT2D eigenvalue weighted by Gasteiger charge is -2.11. The zero-order valence-electron chi connectivity index (χ0n) is 9.10. The molecule has 1 fully saturated rings. The molecule has 1 aliphatic rings. The molecule has 1 saturated carbocycles. The number of thioether (sulfide) groups is 1. The van der Waals surface area contributed by atoms with E-state index in [0.717, 1.165) is 4.90 Å². The van der Waals surface area contributed by atoms with Crippen LogP contribution in [0.25, 0.3) is 0 Å². The van der Waals surface area contributed by atoms with E-state index in [4.69, 9.17) is 9.84 Å². The van der Waals surface area contributed by atoms with Gasteiger partial charge in [-0.1, -0.05) is 6.07 Å². The van der Waals surface area contributed by atoms with Gasteiger partial charge in [0.15, 0.2) is 0 Å². The number of carbonyl (C=O) groups is 1. The molecule has 0 amide bonds. The van der Waals surface area contributed by atoms with Crippen LogP contribution in [-0.4, -0.2) is 23.9 Å². The van der Waals surface area contributed by atoms with Crippen LogP contribution >= 0.6 is 11.8 Å². The molecule has 0 unspecified atom stereocenters. The highest BCUT2D eigenvalue weighted by molar-refractivity contribution is 7.98. The lowest BCUT2D eigenvalue weighted by atomic mass is 10.2. The van der Waals surface area contributed by atoms with E-state index >= 15 is 0 Å². The van der Waals surface area contributed by atoms with Crippen LogP contribution in [0.1, 0.15) is 23.2 Å². The Morgan fingerprint density at radius 1 is 1.56 bits per heavy atom. The molecule has 0 heterocycles. The van der Waals surface area contributed by atoms with E-state index in [0.29, 0.717) is 18.3 Å². The third kappa shape index (κ3) is 2.50. The van der Waals surface area contributed by atoms with Crippen molar-refractivity contribution in [2.45, 2.75) is 17.7 Å². The molecule has 86 valence electrons. The summed E-state index contributed by atoms with van der Waals surface area (Å²) in [7, 11) is 0. The van der Waals surface area contributed by atoms with Gasteiger partial charge in [-0.05, 0) is 37.1 Å². The Kier molecular flexibility index (Phi) is 3.39. The Hall–Kier alpha value is -1.16. The average molecular weight is 238 g/mol. The van der Waals surface area contributed by atoms with Gasteiger partial charge in [-0.15, -0.1) is 11.8 Å². The predicted molar refractivity (Wildman–Crippen MR) is 63.4 cm³/mol. The lowest BCUT2D eigenvalue weighted by molar-refractivity contribution is 0.0688. The van der Waals surface area contributed by atoms with Crippen molar-refractivity contribution in [2.24, 2.45) is 5.92 Å². The normalized spacial score (nSPS) is 14.8. The Morgan fingerprint density at radius 2 is 2.31 bits per heavy atom. The summed E-state index contributed by atoms with van der Waals surface area (Å²) in [5.41, 5.74) is 0.288. The quantitative estimate of drug-likeness (QED) is 0.801. The van der Waals surface area contributed by atoms with Crippen LogP contribution in [0.4, 0.5) is 0 Å². The summed E-state index contributed by atoms with van der Waals surface area (Å²) >= 11 is 1.43. The van der Waals surface area contributed by atoms with E-state index < -0.39 is 5.97 Å². The van der Waals surface area contributed by atoms with Gasteiger partial charge in [0.25, 0.3) is 0 Å². The first-order valence-corrected chi connectivity index (χ1v) is 6.48. The van der Waals surface area contributed by atoms with Crippen LogP contribution in [0, 0.1) is 5.92 Å². The van der Waals surface area contributed by atoms with Gasteiger partial charge in [-0.3, -0.25) is 0 Å². The van der Waals surface area contributed by atoms with Crippen molar-refractivity contribution >= 4 is 17.7 Å². The maximum atomic E-state index is 11.2. The Bertz CT molecular complexity index is 399. The minimum atomic E-state index is -0.921. The van der Waals surface area contributed by atoms with Crippen LogP contribution in [0.2, 0.25) is 0 Å². The molecule has 0 aromatic heterocycles. The summed E-state index contributed by atoms with van der Waals surface area (Å²) in [5.74, 6) is 0.196. The van der Waals surface area contributed by atoms with Crippen LogP contribution in [-0.2, 0) is 0 Å². The molecule has 1 aliphatic carbocycles. The van der Waals surface area contributed by atoms with Crippen molar-refractivity contribution in [1.82, 2.24) is 0 Å². The van der Waals surface area contributed by atoms with Crippen molar-refractivity contribution in [1.29, 1.82) is 0 Å². The molecule has 0 aliphatic heterocycles. The van der Waals surface area contributed by atoms with E-state index in [1.807, 2.05) is 12.3 Å². The molecule has 0 spiro atoms. The number of carboxylic acid groups (broad SMARTS) is 1. The fourth-order valence-electron chi connectivity index (χ4n) is 1.50. The van der Waals surface area contributed by atoms with Gasteiger partial charge in [0, 0.05) is 4.90 Å². The molecule has 1 N–H and O–H groups in total. The maximum absolute atomic E-state index is 11.2. The molecule has 0 bridgehead atoms. The monoisotopic (exact) mass is 238 g/mol. The third-order valence-corrected chi connectivity index (χ3v) is 3.37. The summed E-state index contributed by atoms with van der Waals surface area (Å²) in [6, 6.07) is 5.37. The van der Waals surface area contributed by atoms with Crippen molar-refractivity contribution in [3.63, 3.8) is 0 Å². The van der Waals surface area contributed by atoms with Crippen LogP contribution in [0.15, 0.2) is 23.1 Å². The third-order valence-electron chi connectivity index (χ3n) is 2.59. The van der Waals surface area contributed by atoms with Gasteiger partial charge >= 0.3 is 5.97 Å². The number of hydrogen-bond acceptors (Lipinski definition) is 3. The molecule has 1 aromatic carbocycles. The fraction of sp³-hybridized carbons (Fsp3) is 0.417. The van der Waals surface area contributed by atoms with Gasteiger partial charge in [0.1, 0.15) is 11.3 Å². The van der Waals surface area contributed by atoms with Gasteiger partial charge in [-0.2, -0.15) is 0 Å². The summed E-state index contributed by atoms with van der Waals surface area (Å²) in [5, 5.41) is 9.17. The predicted octanol–water partition coefficient (Wildman–Crippen LogP) is 2.90. The largest absolute Gasteiger partial charge is 0.492 e. The molecular formula is C12H14O3S. The summed E-state index contributed by atoms with van der Waals surface area (Å²) < 4.78 is 5.57.